The van der Waals surface area contributed by atoms with Crippen LogP contribution in [0.15, 0.2) is 53.3 Å². The van der Waals surface area contributed by atoms with E-state index in [4.69, 9.17) is 0 Å². The highest BCUT2D eigenvalue weighted by molar-refractivity contribution is 5.81. The fourth-order valence-corrected chi connectivity index (χ4v) is 5.86. The van der Waals surface area contributed by atoms with Gasteiger partial charge in [-0.1, -0.05) is 74.2 Å². The number of nitrogens with one attached hydrogen (secondary N) is 1. The largest absolute Gasteiger partial charge is 0.321 e. The van der Waals surface area contributed by atoms with Gasteiger partial charge >= 0.3 is 0 Å². The molecular formula is C30H38N6O. The van der Waals surface area contributed by atoms with Crippen molar-refractivity contribution in [1.29, 1.82) is 0 Å². The van der Waals surface area contributed by atoms with Gasteiger partial charge in [-0.3, -0.25) is 9.69 Å². The van der Waals surface area contributed by atoms with E-state index in [0.717, 1.165) is 60.1 Å². The summed E-state index contributed by atoms with van der Waals surface area (Å²) in [7, 11) is 0. The molecule has 1 fully saturated rings. The van der Waals surface area contributed by atoms with Crippen LogP contribution in [-0.4, -0.2) is 36.6 Å². The Labute approximate surface area is 218 Å². The zero-order valence-electron chi connectivity index (χ0n) is 22.3. The average Bonchev–Trinajstić information content (AvgIpc) is 3.39. The van der Waals surface area contributed by atoms with Crippen LogP contribution in [0, 0.1) is 13.8 Å². The molecule has 0 amide bonds. The number of fused-ring (bicyclic) bond motifs is 1. The van der Waals surface area contributed by atoms with Gasteiger partial charge in [0, 0.05) is 18.7 Å². The van der Waals surface area contributed by atoms with E-state index >= 15 is 0 Å². The van der Waals surface area contributed by atoms with Gasteiger partial charge in [0.2, 0.25) is 0 Å². The number of aromatic amines is 1. The molecule has 1 aliphatic carbocycles. The second kappa shape index (κ2) is 11.4. The number of nitrogens with zero attached hydrogens (tertiary/aromatic N) is 5. The first kappa shape index (κ1) is 25.3. The number of hydrogen-bond acceptors (Lipinski definition) is 5. The highest BCUT2D eigenvalue weighted by atomic mass is 16.1. The van der Waals surface area contributed by atoms with Crippen LogP contribution < -0.4 is 5.56 Å². The molecule has 7 nitrogen and oxygen atoms in total. The van der Waals surface area contributed by atoms with E-state index in [1.807, 2.05) is 19.1 Å². The van der Waals surface area contributed by atoms with E-state index in [9.17, 15) is 4.79 Å². The summed E-state index contributed by atoms with van der Waals surface area (Å²) in [6, 6.07) is 17.3. The lowest BCUT2D eigenvalue weighted by atomic mass is 9.95. The molecule has 194 valence electrons. The maximum absolute atomic E-state index is 13.2. The molecule has 1 N–H and O–H groups in total. The molecule has 0 saturated heterocycles. The summed E-state index contributed by atoms with van der Waals surface area (Å²) in [6.45, 7) is 7.71. The lowest BCUT2D eigenvalue weighted by molar-refractivity contribution is 0.165. The van der Waals surface area contributed by atoms with Gasteiger partial charge in [-0.15, -0.1) is 5.10 Å². The zero-order chi connectivity index (χ0) is 25.8. The Hall–Kier alpha value is -3.32. The van der Waals surface area contributed by atoms with Crippen molar-refractivity contribution in [2.75, 3.05) is 6.54 Å². The highest BCUT2D eigenvalue weighted by Crippen LogP contribution is 2.32. The van der Waals surface area contributed by atoms with Crippen molar-refractivity contribution in [1.82, 2.24) is 30.1 Å². The predicted molar refractivity (Wildman–Crippen MR) is 148 cm³/mol. The van der Waals surface area contributed by atoms with Gasteiger partial charge < -0.3 is 4.98 Å². The zero-order valence-corrected chi connectivity index (χ0v) is 22.3. The molecule has 7 heteroatoms. The van der Waals surface area contributed by atoms with Crippen molar-refractivity contribution in [3.63, 3.8) is 0 Å². The average molecular weight is 499 g/mol. The quantitative estimate of drug-likeness (QED) is 0.314. The predicted octanol–water partition coefficient (Wildman–Crippen LogP) is 5.83. The Bertz CT molecular complexity index is 1400. The summed E-state index contributed by atoms with van der Waals surface area (Å²) >= 11 is 0. The second-order valence-corrected chi connectivity index (χ2v) is 10.6. The minimum atomic E-state index is -0.0240. The molecule has 1 saturated carbocycles. The molecule has 2 aromatic carbocycles. The maximum atomic E-state index is 13.2. The normalized spacial score (nSPS) is 15.5. The smallest absolute Gasteiger partial charge is 0.252 e. The van der Waals surface area contributed by atoms with Crippen LogP contribution in [-0.2, 0) is 13.0 Å². The summed E-state index contributed by atoms with van der Waals surface area (Å²) in [5.74, 6) is 0.923. The van der Waals surface area contributed by atoms with Gasteiger partial charge in [-0.25, -0.2) is 4.68 Å². The number of rotatable bonds is 9. The number of hydrogen-bond donors (Lipinski definition) is 1. The van der Waals surface area contributed by atoms with Gasteiger partial charge in [0.15, 0.2) is 5.82 Å². The molecule has 1 aliphatic rings. The number of aromatic nitrogens is 5. The molecule has 0 aliphatic heterocycles. The molecule has 0 bridgehead atoms. The number of aryl methyl sites for hydroxylation is 2. The molecule has 2 aromatic heterocycles. The van der Waals surface area contributed by atoms with E-state index in [1.54, 1.807) is 0 Å². The van der Waals surface area contributed by atoms with E-state index in [2.05, 4.69) is 80.3 Å². The van der Waals surface area contributed by atoms with E-state index in [1.165, 1.54) is 30.4 Å². The molecule has 37 heavy (non-hydrogen) atoms. The van der Waals surface area contributed by atoms with Gasteiger partial charge in [0.25, 0.3) is 5.56 Å². The van der Waals surface area contributed by atoms with Crippen LogP contribution in [0.5, 0.6) is 0 Å². The Morgan fingerprint density at radius 3 is 2.68 bits per heavy atom. The molecule has 0 unspecified atom stereocenters. The summed E-state index contributed by atoms with van der Waals surface area (Å²) in [5, 5.41) is 14.2. The molecule has 0 spiro atoms. The summed E-state index contributed by atoms with van der Waals surface area (Å²) in [6.07, 6.45) is 7.76. The first-order valence-corrected chi connectivity index (χ1v) is 13.7. The van der Waals surface area contributed by atoms with Crippen LogP contribution in [0.1, 0.15) is 85.6 Å². The van der Waals surface area contributed by atoms with E-state index in [0.29, 0.717) is 12.6 Å². The third-order valence-corrected chi connectivity index (χ3v) is 7.87. The van der Waals surface area contributed by atoms with Crippen LogP contribution >= 0.6 is 0 Å². The fourth-order valence-electron chi connectivity index (χ4n) is 5.86. The van der Waals surface area contributed by atoms with Crippen molar-refractivity contribution < 1.29 is 0 Å². The Kier molecular flexibility index (Phi) is 7.79. The van der Waals surface area contributed by atoms with Crippen molar-refractivity contribution >= 4 is 10.9 Å². The van der Waals surface area contributed by atoms with Crippen molar-refractivity contribution in [2.45, 2.75) is 84.3 Å². The Balaban J connectivity index is 1.49. The molecule has 2 heterocycles. The fraction of sp³-hybridized carbons (Fsp3) is 0.467. The SMILES string of the molecule is CC[C@@H](c1nnnn1C1CCCCC1)N(CCc1cccc(C)c1)Cc1cc2cccc(C)c2[nH]c1=O. The maximum Gasteiger partial charge on any atom is 0.252 e. The Morgan fingerprint density at radius 1 is 1.08 bits per heavy atom. The van der Waals surface area contributed by atoms with Gasteiger partial charge in [0.05, 0.1) is 17.6 Å². The molecule has 5 rings (SSSR count). The highest BCUT2D eigenvalue weighted by Gasteiger charge is 2.29. The number of para-hydroxylation sites is 1. The van der Waals surface area contributed by atoms with Crippen molar-refractivity contribution in [3.05, 3.63) is 87.0 Å². The number of pyridine rings is 1. The van der Waals surface area contributed by atoms with Crippen molar-refractivity contribution in [3.8, 4) is 0 Å². The number of tetrazole rings is 1. The summed E-state index contributed by atoms with van der Waals surface area (Å²) in [5.41, 5.74) is 5.31. The van der Waals surface area contributed by atoms with Crippen LogP contribution in [0.25, 0.3) is 10.9 Å². The monoisotopic (exact) mass is 498 g/mol. The third kappa shape index (κ3) is 5.67. The van der Waals surface area contributed by atoms with Crippen molar-refractivity contribution in [2.24, 2.45) is 0 Å². The summed E-state index contributed by atoms with van der Waals surface area (Å²) < 4.78 is 2.08. The standard InChI is InChI=1S/C30H38N6O/c1-4-27(29-32-33-34-36(29)26-14-6-5-7-15-26)35(17-16-23-12-8-10-21(2)18-23)20-25-19-24-13-9-11-22(3)28(24)31-30(25)37/h8-13,18-19,26-27H,4-7,14-17,20H2,1-3H3,(H,31,37)/t27-/m0/s1. The molecule has 4 aromatic rings. The number of H-pyrrole nitrogens is 1. The lowest BCUT2D eigenvalue weighted by Gasteiger charge is -2.32. The molecule has 1 atom stereocenters. The van der Waals surface area contributed by atoms with Crippen LogP contribution in [0.4, 0.5) is 0 Å². The summed E-state index contributed by atoms with van der Waals surface area (Å²) in [4.78, 5) is 18.8. The third-order valence-electron chi connectivity index (χ3n) is 7.87. The lowest BCUT2D eigenvalue weighted by Crippen LogP contribution is -2.35. The topological polar surface area (TPSA) is 79.7 Å². The minimum Gasteiger partial charge on any atom is -0.321 e. The molecule has 0 radical (unpaired) electrons. The number of benzene rings is 2. The Morgan fingerprint density at radius 2 is 1.89 bits per heavy atom. The second-order valence-electron chi connectivity index (χ2n) is 10.6. The van der Waals surface area contributed by atoms with Crippen LogP contribution in [0.3, 0.4) is 0 Å². The first-order chi connectivity index (χ1) is 18.0. The van der Waals surface area contributed by atoms with Gasteiger partial charge in [-0.2, -0.15) is 0 Å². The van der Waals surface area contributed by atoms with E-state index < -0.39 is 0 Å². The minimum absolute atomic E-state index is 0.0225. The first-order valence-electron chi connectivity index (χ1n) is 13.7. The molecular weight excluding hydrogens is 460 g/mol. The van der Waals surface area contributed by atoms with E-state index in [-0.39, 0.29) is 11.6 Å². The van der Waals surface area contributed by atoms with Gasteiger partial charge in [0.1, 0.15) is 0 Å². The van der Waals surface area contributed by atoms with Crippen LogP contribution in [0.2, 0.25) is 0 Å². The van der Waals surface area contributed by atoms with Gasteiger partial charge in [-0.05, 0) is 72.5 Å².